The summed E-state index contributed by atoms with van der Waals surface area (Å²) < 4.78 is 0. The van der Waals surface area contributed by atoms with Crippen LogP contribution in [0.1, 0.15) is 62.5 Å². The van der Waals surface area contributed by atoms with Gasteiger partial charge in [-0.15, -0.1) is 0 Å². The summed E-state index contributed by atoms with van der Waals surface area (Å²) >= 11 is 0. The number of nitrogens with zero attached hydrogens (tertiary/aromatic N) is 1. The molecule has 9 nitrogen and oxygen atoms in total. The Labute approximate surface area is 308 Å². The number of ketones is 2. The highest BCUT2D eigenvalue weighted by atomic mass is 16.2. The summed E-state index contributed by atoms with van der Waals surface area (Å²) in [6.07, 6.45) is 5.09. The van der Waals surface area contributed by atoms with Gasteiger partial charge < -0.3 is 28.3 Å². The molecule has 9 heteroatoms. The zero-order valence-electron chi connectivity index (χ0n) is 30.1. The average molecular weight is 703 g/mol. The smallest absolute Gasteiger partial charge is 0.224 e. The van der Waals surface area contributed by atoms with Crippen molar-refractivity contribution in [1.29, 1.82) is 0 Å². The van der Waals surface area contributed by atoms with Crippen molar-refractivity contribution >= 4 is 23.4 Å². The molecule has 4 rings (SSSR count). The number of rotatable bonds is 22. The van der Waals surface area contributed by atoms with Crippen LogP contribution in [0.2, 0.25) is 0 Å². The summed E-state index contributed by atoms with van der Waals surface area (Å²) in [5.74, 6) is -1.11. The van der Waals surface area contributed by atoms with Gasteiger partial charge in [0.25, 0.3) is 0 Å². The molecule has 3 atom stereocenters. The number of amides is 1. The Balaban J connectivity index is 1.43. The Morgan fingerprint density at radius 2 is 1.15 bits per heavy atom. The van der Waals surface area contributed by atoms with E-state index in [2.05, 4.69) is 22.4 Å². The predicted molar refractivity (Wildman–Crippen MR) is 211 cm³/mol. The maximum atomic E-state index is 13.9. The molecule has 0 unspecified atom stereocenters. The second kappa shape index (κ2) is 21.3. The number of hydrogen-bond donors (Lipinski definition) is 5. The van der Waals surface area contributed by atoms with Crippen molar-refractivity contribution < 1.29 is 14.4 Å². The third kappa shape index (κ3) is 13.2. The molecule has 0 spiro atoms. The van der Waals surface area contributed by atoms with Crippen LogP contribution in [0.5, 0.6) is 0 Å². The summed E-state index contributed by atoms with van der Waals surface area (Å²) in [7, 11) is 0. The Morgan fingerprint density at radius 1 is 0.615 bits per heavy atom. The number of guanidine groups is 1. The lowest BCUT2D eigenvalue weighted by atomic mass is 9.90. The van der Waals surface area contributed by atoms with Crippen molar-refractivity contribution in [3.8, 4) is 22.3 Å². The summed E-state index contributed by atoms with van der Waals surface area (Å²) in [4.78, 5) is 45.1. The van der Waals surface area contributed by atoms with Crippen molar-refractivity contribution in [3.63, 3.8) is 0 Å². The van der Waals surface area contributed by atoms with Crippen LogP contribution in [-0.4, -0.2) is 48.6 Å². The van der Waals surface area contributed by atoms with Crippen LogP contribution in [0, 0.1) is 5.92 Å². The normalized spacial score (nSPS) is 12.7. The van der Waals surface area contributed by atoms with E-state index in [9.17, 15) is 14.4 Å². The molecule has 0 aliphatic carbocycles. The standard InChI is InChI=1S/C43H54N6O3/c44-26-10-9-16-37(30-41(51)38(45)28-31-18-22-35(23-19-31)33-12-4-1-5-13-33)42(52)49-39(40(50)17-8-3-11-27-48-43(46)47)29-32-20-24-36(25-21-32)34-14-6-2-7-15-34/h1-2,4-7,12-15,18-25,37-39H,3,8-11,16-17,26-30,44-45H2,(H,49,52)(H4,46,47,48)/t37-,38+,39+/m1/s1. The van der Waals surface area contributed by atoms with Crippen LogP contribution in [0.3, 0.4) is 0 Å². The van der Waals surface area contributed by atoms with Crippen molar-refractivity contribution in [3.05, 3.63) is 120 Å². The van der Waals surface area contributed by atoms with E-state index in [4.69, 9.17) is 22.9 Å². The molecule has 9 N–H and O–H groups in total. The van der Waals surface area contributed by atoms with Gasteiger partial charge in [0.05, 0.1) is 12.1 Å². The second-order valence-electron chi connectivity index (χ2n) is 13.4. The zero-order valence-corrected chi connectivity index (χ0v) is 30.1. The van der Waals surface area contributed by atoms with Gasteiger partial charge in [0.1, 0.15) is 0 Å². The first kappa shape index (κ1) is 39.7. The van der Waals surface area contributed by atoms with Crippen molar-refractivity contribution in [2.24, 2.45) is 33.8 Å². The number of Topliss-reactive ketones (excluding diaryl/α,β-unsaturated/α-hetero) is 2. The molecule has 52 heavy (non-hydrogen) atoms. The van der Waals surface area contributed by atoms with E-state index in [1.807, 2.05) is 97.1 Å². The summed E-state index contributed by atoms with van der Waals surface area (Å²) in [6.45, 7) is 0.994. The second-order valence-corrected chi connectivity index (χ2v) is 13.4. The number of nitrogens with one attached hydrogen (secondary N) is 1. The number of aliphatic imine (C=N–C) groups is 1. The number of carbonyl (C=O) groups excluding carboxylic acids is 3. The molecule has 274 valence electrons. The minimum atomic E-state index is -0.758. The van der Waals surface area contributed by atoms with Gasteiger partial charge in [0.2, 0.25) is 5.91 Å². The highest BCUT2D eigenvalue weighted by Gasteiger charge is 2.29. The molecule has 0 heterocycles. The molecule has 0 radical (unpaired) electrons. The largest absolute Gasteiger partial charge is 0.370 e. The van der Waals surface area contributed by atoms with Crippen molar-refractivity contribution in [2.45, 2.75) is 76.3 Å². The molecule has 0 saturated carbocycles. The lowest BCUT2D eigenvalue weighted by molar-refractivity contribution is -0.133. The molecule has 0 bridgehead atoms. The van der Waals surface area contributed by atoms with E-state index in [-0.39, 0.29) is 29.9 Å². The molecule has 1 amide bonds. The first-order valence-corrected chi connectivity index (χ1v) is 18.4. The number of hydrogen-bond acceptors (Lipinski definition) is 6. The van der Waals surface area contributed by atoms with Gasteiger partial charge in [-0.1, -0.05) is 122 Å². The Hall–Kier alpha value is -5.12. The van der Waals surface area contributed by atoms with E-state index in [1.165, 1.54) is 0 Å². The quantitative estimate of drug-likeness (QED) is 0.0394. The lowest BCUT2D eigenvalue weighted by Gasteiger charge is -2.23. The molecular formula is C43H54N6O3. The van der Waals surface area contributed by atoms with E-state index in [0.717, 1.165) is 52.6 Å². The maximum Gasteiger partial charge on any atom is 0.224 e. The summed E-state index contributed by atoms with van der Waals surface area (Å²) in [5, 5.41) is 3.05. The van der Waals surface area contributed by atoms with Gasteiger partial charge in [0.15, 0.2) is 17.5 Å². The molecule has 0 fully saturated rings. The fourth-order valence-corrected chi connectivity index (χ4v) is 6.29. The van der Waals surface area contributed by atoms with Gasteiger partial charge in [0, 0.05) is 25.3 Å². The fourth-order valence-electron chi connectivity index (χ4n) is 6.29. The van der Waals surface area contributed by atoms with Gasteiger partial charge >= 0.3 is 0 Å². The zero-order chi connectivity index (χ0) is 37.1. The van der Waals surface area contributed by atoms with E-state index >= 15 is 0 Å². The summed E-state index contributed by atoms with van der Waals surface area (Å²) in [5.41, 5.74) is 29.3. The minimum Gasteiger partial charge on any atom is -0.370 e. The number of carbonyl (C=O) groups is 3. The first-order chi connectivity index (χ1) is 25.2. The highest BCUT2D eigenvalue weighted by Crippen LogP contribution is 2.23. The van der Waals surface area contributed by atoms with Crippen LogP contribution in [-0.2, 0) is 27.2 Å². The van der Waals surface area contributed by atoms with Crippen LogP contribution in [0.4, 0.5) is 0 Å². The Bertz CT molecular complexity index is 1710. The van der Waals surface area contributed by atoms with Gasteiger partial charge in [-0.2, -0.15) is 0 Å². The summed E-state index contributed by atoms with van der Waals surface area (Å²) in [6, 6.07) is 34.8. The number of unbranched alkanes of at least 4 members (excludes halogenated alkanes) is 3. The highest BCUT2D eigenvalue weighted by molar-refractivity contribution is 5.93. The minimum absolute atomic E-state index is 0.00283. The molecule has 0 aliphatic heterocycles. The van der Waals surface area contributed by atoms with Gasteiger partial charge in [-0.3, -0.25) is 19.4 Å². The van der Waals surface area contributed by atoms with Crippen molar-refractivity contribution in [2.75, 3.05) is 13.1 Å². The van der Waals surface area contributed by atoms with E-state index < -0.39 is 18.0 Å². The molecule has 4 aromatic rings. The molecule has 0 saturated heterocycles. The topological polar surface area (TPSA) is 180 Å². The van der Waals surface area contributed by atoms with Gasteiger partial charge in [-0.25, -0.2) is 0 Å². The Kier molecular flexibility index (Phi) is 16.2. The Morgan fingerprint density at radius 3 is 1.69 bits per heavy atom. The van der Waals surface area contributed by atoms with Crippen LogP contribution >= 0.6 is 0 Å². The SMILES string of the molecule is NCCCC[C@H](CC(=O)[C@@H](N)Cc1ccc(-c2ccccc2)cc1)C(=O)N[C@@H](Cc1ccc(-c2ccccc2)cc1)C(=O)CCCCCN=C(N)N. The molecule has 4 aromatic carbocycles. The monoisotopic (exact) mass is 702 g/mol. The van der Waals surface area contributed by atoms with Crippen LogP contribution < -0.4 is 28.3 Å². The fraction of sp³-hybridized carbons (Fsp3) is 0.349. The average Bonchev–Trinajstić information content (AvgIpc) is 3.16. The van der Waals surface area contributed by atoms with Crippen LogP contribution in [0.25, 0.3) is 22.3 Å². The predicted octanol–water partition coefficient (Wildman–Crippen LogP) is 5.73. The van der Waals surface area contributed by atoms with E-state index in [0.29, 0.717) is 51.6 Å². The van der Waals surface area contributed by atoms with Gasteiger partial charge in [-0.05, 0) is 78.5 Å². The molecule has 0 aromatic heterocycles. The first-order valence-electron chi connectivity index (χ1n) is 18.4. The van der Waals surface area contributed by atoms with Crippen LogP contribution in [0.15, 0.2) is 114 Å². The maximum absolute atomic E-state index is 13.9. The number of benzene rings is 4. The lowest BCUT2D eigenvalue weighted by Crippen LogP contribution is -2.46. The third-order valence-electron chi connectivity index (χ3n) is 9.34. The molecular weight excluding hydrogens is 649 g/mol. The number of nitrogens with two attached hydrogens (primary N) is 4. The third-order valence-corrected chi connectivity index (χ3v) is 9.34. The molecule has 0 aliphatic rings. The van der Waals surface area contributed by atoms with E-state index in [1.54, 1.807) is 0 Å². The van der Waals surface area contributed by atoms with Crippen molar-refractivity contribution in [1.82, 2.24) is 5.32 Å².